The summed E-state index contributed by atoms with van der Waals surface area (Å²) in [7, 11) is 0. The molecule has 0 aliphatic rings. The third kappa shape index (κ3) is 8.33. The van der Waals surface area contributed by atoms with Crippen LogP contribution >= 0.6 is 0 Å². The topological polar surface area (TPSA) is 0 Å². The molecule has 0 atom stereocenters. The van der Waals surface area contributed by atoms with Crippen molar-refractivity contribution in [1.29, 1.82) is 0 Å². The lowest BCUT2D eigenvalue weighted by atomic mass is 10.1. The molecule has 1 nitrogen and oxygen atoms in total. The van der Waals surface area contributed by atoms with Crippen LogP contribution < -0.4 is 17.0 Å². The number of halogens is 1. The lowest BCUT2D eigenvalue weighted by Crippen LogP contribution is -3.00. The highest BCUT2D eigenvalue weighted by molar-refractivity contribution is 5.14. The van der Waals surface area contributed by atoms with Crippen molar-refractivity contribution in [3.63, 3.8) is 0 Å². The highest BCUT2D eigenvalue weighted by Crippen LogP contribution is 2.14. The summed E-state index contributed by atoms with van der Waals surface area (Å²) >= 11 is 0. The summed E-state index contributed by atoms with van der Waals surface area (Å²) in [6.07, 6.45) is 9.57. The summed E-state index contributed by atoms with van der Waals surface area (Å²) in [6, 6.07) is 10.9. The van der Waals surface area contributed by atoms with E-state index in [-0.39, 0.29) is 17.0 Å². The molecule has 1 rings (SSSR count). The van der Waals surface area contributed by atoms with E-state index >= 15 is 0 Å². The van der Waals surface area contributed by atoms with Gasteiger partial charge in [-0.1, -0.05) is 56.5 Å². The normalized spacial score (nSPS) is 11.2. The van der Waals surface area contributed by atoms with Crippen LogP contribution in [0.25, 0.3) is 0 Å². The van der Waals surface area contributed by atoms with Crippen molar-refractivity contribution >= 4 is 0 Å². The zero-order valence-electron chi connectivity index (χ0n) is 15.0. The highest BCUT2D eigenvalue weighted by Gasteiger charge is 2.21. The van der Waals surface area contributed by atoms with Crippen LogP contribution in [-0.2, 0) is 6.42 Å². The second kappa shape index (κ2) is 13.1. The van der Waals surface area contributed by atoms with E-state index in [1.54, 1.807) is 0 Å². The maximum Gasteiger partial charge on any atom is 0.0789 e. The van der Waals surface area contributed by atoms with Crippen LogP contribution in [0.15, 0.2) is 30.3 Å². The smallest absolute Gasteiger partial charge is 0.0789 e. The summed E-state index contributed by atoms with van der Waals surface area (Å²) < 4.78 is 1.32. The Morgan fingerprint density at radius 3 is 1.91 bits per heavy atom. The van der Waals surface area contributed by atoms with Crippen molar-refractivity contribution in [1.82, 2.24) is 0 Å². The molecule has 0 saturated heterocycles. The van der Waals surface area contributed by atoms with E-state index in [4.69, 9.17) is 0 Å². The van der Waals surface area contributed by atoms with Crippen LogP contribution in [0.4, 0.5) is 0 Å². The Hall–Kier alpha value is -0.340. The molecule has 0 spiro atoms. The predicted octanol–water partition coefficient (Wildman–Crippen LogP) is 2.45. The standard InChI is InChI=1S/C20H36N.BrH/c1-4-7-8-9-13-18-21(5-2,6-3)19-14-17-20-15-11-10-12-16-20;/h10-12,15-16H,4-9,13-14,17-19H2,1-3H3;1H/q+1;/p-1. The van der Waals surface area contributed by atoms with Crippen molar-refractivity contribution in [3.05, 3.63) is 35.9 Å². The minimum Gasteiger partial charge on any atom is -1.00 e. The Morgan fingerprint density at radius 2 is 1.32 bits per heavy atom. The van der Waals surface area contributed by atoms with Gasteiger partial charge in [0.25, 0.3) is 0 Å². The second-order valence-corrected chi connectivity index (χ2v) is 6.42. The molecule has 0 radical (unpaired) electrons. The van der Waals surface area contributed by atoms with Gasteiger partial charge >= 0.3 is 0 Å². The van der Waals surface area contributed by atoms with Gasteiger partial charge in [0.1, 0.15) is 0 Å². The molecule has 2 heteroatoms. The molecular weight excluding hydrogens is 334 g/mol. The zero-order valence-corrected chi connectivity index (χ0v) is 16.6. The largest absolute Gasteiger partial charge is 1.00 e. The van der Waals surface area contributed by atoms with Gasteiger partial charge in [-0.2, -0.15) is 0 Å². The summed E-state index contributed by atoms with van der Waals surface area (Å²) in [5, 5.41) is 0. The average molecular weight is 370 g/mol. The zero-order chi connectivity index (χ0) is 15.4. The number of aryl methyl sites for hydroxylation is 1. The number of quaternary nitrogens is 1. The highest BCUT2D eigenvalue weighted by atomic mass is 79.9. The molecule has 1 aromatic rings. The summed E-state index contributed by atoms with van der Waals surface area (Å²) in [5.41, 5.74) is 1.49. The first-order valence-electron chi connectivity index (χ1n) is 9.15. The van der Waals surface area contributed by atoms with Gasteiger partial charge in [0.15, 0.2) is 0 Å². The van der Waals surface area contributed by atoms with E-state index in [1.807, 2.05) is 0 Å². The van der Waals surface area contributed by atoms with E-state index < -0.39 is 0 Å². The number of nitrogens with zero attached hydrogens (tertiary/aromatic N) is 1. The van der Waals surface area contributed by atoms with Crippen LogP contribution in [-0.4, -0.2) is 30.7 Å². The Balaban J connectivity index is 0.00000441. The van der Waals surface area contributed by atoms with Crippen molar-refractivity contribution in [2.24, 2.45) is 0 Å². The molecule has 0 bridgehead atoms. The van der Waals surface area contributed by atoms with Crippen LogP contribution in [0.2, 0.25) is 0 Å². The third-order valence-electron chi connectivity index (χ3n) is 5.02. The van der Waals surface area contributed by atoms with Crippen LogP contribution in [0.3, 0.4) is 0 Å². The molecule has 1 aromatic carbocycles. The van der Waals surface area contributed by atoms with Gasteiger partial charge in [-0.3, -0.25) is 0 Å². The predicted molar refractivity (Wildman–Crippen MR) is 94.6 cm³/mol. The van der Waals surface area contributed by atoms with Gasteiger partial charge in [-0.05, 0) is 38.7 Å². The second-order valence-electron chi connectivity index (χ2n) is 6.42. The van der Waals surface area contributed by atoms with Crippen molar-refractivity contribution < 1.29 is 21.5 Å². The van der Waals surface area contributed by atoms with Crippen molar-refractivity contribution in [3.8, 4) is 0 Å². The Labute approximate surface area is 149 Å². The number of hydrogen-bond acceptors (Lipinski definition) is 0. The minimum atomic E-state index is 0. The summed E-state index contributed by atoms with van der Waals surface area (Å²) in [5.74, 6) is 0. The number of hydrogen-bond donors (Lipinski definition) is 0. The average Bonchev–Trinajstić information content (AvgIpc) is 2.54. The van der Waals surface area contributed by atoms with E-state index in [0.717, 1.165) is 0 Å². The fraction of sp³-hybridized carbons (Fsp3) is 0.700. The first-order chi connectivity index (χ1) is 10.3. The maximum absolute atomic E-state index is 2.37. The van der Waals surface area contributed by atoms with Crippen molar-refractivity contribution in [2.45, 2.75) is 65.7 Å². The minimum absolute atomic E-state index is 0. The number of rotatable bonds is 12. The Morgan fingerprint density at radius 1 is 0.727 bits per heavy atom. The van der Waals surface area contributed by atoms with Gasteiger partial charge < -0.3 is 21.5 Å². The van der Waals surface area contributed by atoms with Gasteiger partial charge in [0, 0.05) is 6.42 Å². The molecule has 22 heavy (non-hydrogen) atoms. The monoisotopic (exact) mass is 369 g/mol. The molecule has 0 aliphatic carbocycles. The van der Waals surface area contributed by atoms with Gasteiger partial charge in [-0.25, -0.2) is 0 Å². The quantitative estimate of drug-likeness (QED) is 0.392. The van der Waals surface area contributed by atoms with E-state index in [0.29, 0.717) is 0 Å². The molecule has 0 fully saturated rings. The first kappa shape index (κ1) is 21.7. The fourth-order valence-electron chi connectivity index (χ4n) is 3.28. The molecule has 0 aromatic heterocycles. The third-order valence-corrected chi connectivity index (χ3v) is 5.02. The van der Waals surface area contributed by atoms with Gasteiger partial charge in [-0.15, -0.1) is 0 Å². The first-order valence-corrected chi connectivity index (χ1v) is 9.15. The molecule has 0 heterocycles. The molecule has 0 amide bonds. The van der Waals surface area contributed by atoms with E-state index in [9.17, 15) is 0 Å². The van der Waals surface area contributed by atoms with Crippen LogP contribution in [0.1, 0.15) is 64.9 Å². The lowest BCUT2D eigenvalue weighted by molar-refractivity contribution is -0.925. The molecule has 0 N–H and O–H groups in total. The summed E-state index contributed by atoms with van der Waals surface area (Å²) in [4.78, 5) is 0. The lowest BCUT2D eigenvalue weighted by Gasteiger charge is -2.37. The molecular formula is C20H36BrN. The van der Waals surface area contributed by atoms with Crippen LogP contribution in [0.5, 0.6) is 0 Å². The number of benzene rings is 1. The Kier molecular flexibility index (Phi) is 12.9. The molecule has 0 aliphatic heterocycles. The van der Waals surface area contributed by atoms with Gasteiger partial charge in [0.2, 0.25) is 0 Å². The van der Waals surface area contributed by atoms with Crippen molar-refractivity contribution in [2.75, 3.05) is 26.2 Å². The molecule has 0 saturated carbocycles. The van der Waals surface area contributed by atoms with Gasteiger partial charge in [0.05, 0.1) is 26.2 Å². The van der Waals surface area contributed by atoms with Crippen LogP contribution in [0, 0.1) is 0 Å². The van der Waals surface area contributed by atoms with E-state index in [2.05, 4.69) is 51.1 Å². The summed E-state index contributed by atoms with van der Waals surface area (Å²) in [6.45, 7) is 12.3. The SMILES string of the molecule is CCCCCCC[N+](CC)(CC)CCCc1ccccc1.[Br-]. The maximum atomic E-state index is 2.37. The molecule has 128 valence electrons. The Bertz CT molecular complexity index is 346. The van der Waals surface area contributed by atoms with E-state index in [1.165, 1.54) is 81.2 Å². The number of unbranched alkanes of at least 4 members (excludes halogenated alkanes) is 4. The molecule has 0 unspecified atom stereocenters. The fourth-order valence-corrected chi connectivity index (χ4v) is 3.28.